The van der Waals surface area contributed by atoms with Gasteiger partial charge in [-0.3, -0.25) is 9.59 Å². The van der Waals surface area contributed by atoms with Crippen LogP contribution in [-0.4, -0.2) is 17.6 Å². The fourth-order valence-corrected chi connectivity index (χ4v) is 3.93. The third kappa shape index (κ3) is 2.35. The topological polar surface area (TPSA) is 46.2 Å². The summed E-state index contributed by atoms with van der Waals surface area (Å²) in [6, 6.07) is 11.3. The zero-order valence-electron chi connectivity index (χ0n) is 13.9. The normalized spacial score (nSPS) is 17.4. The van der Waals surface area contributed by atoms with E-state index < -0.39 is 0 Å². The molecule has 4 rings (SSSR count). The van der Waals surface area contributed by atoms with E-state index >= 15 is 0 Å². The number of benzene rings is 2. The van der Waals surface area contributed by atoms with Crippen LogP contribution in [0.5, 0.6) is 0 Å². The second-order valence-corrected chi connectivity index (χ2v) is 6.86. The molecule has 0 unspecified atom stereocenters. The number of fused-ring (bicyclic) bond motifs is 2. The van der Waals surface area contributed by atoms with Crippen molar-refractivity contribution in [1.82, 2.24) is 0 Å². The van der Waals surface area contributed by atoms with E-state index in [1.165, 1.54) is 19.3 Å². The number of aryl methyl sites for hydroxylation is 1. The number of carbonyl (C=O) groups excluding carboxylic acids is 2. The molecule has 0 atom stereocenters. The molecule has 1 saturated carbocycles. The lowest BCUT2D eigenvalue weighted by atomic mass is 9.82. The number of nitrogens with one attached hydrogen (secondary N) is 1. The molecule has 2 aromatic carbocycles. The first-order valence-electron chi connectivity index (χ1n) is 8.75. The van der Waals surface area contributed by atoms with Gasteiger partial charge < -0.3 is 5.32 Å². The molecule has 2 aromatic rings. The standard InChI is InChI=1S/C21H21NO2/c1-13-11-12-17-18(19(13)22-14-7-3-2-4-8-14)21(24)16-10-6-5-9-15(16)20(17)23/h5-6,9-12,14,22H,2-4,7-8H2,1H3. The van der Waals surface area contributed by atoms with Crippen LogP contribution in [0.2, 0.25) is 0 Å². The van der Waals surface area contributed by atoms with Gasteiger partial charge in [0.05, 0.1) is 5.56 Å². The molecular weight excluding hydrogens is 298 g/mol. The van der Waals surface area contributed by atoms with Gasteiger partial charge in [-0.2, -0.15) is 0 Å². The number of rotatable bonds is 2. The van der Waals surface area contributed by atoms with Crippen molar-refractivity contribution >= 4 is 17.3 Å². The van der Waals surface area contributed by atoms with E-state index in [4.69, 9.17) is 0 Å². The molecule has 0 bridgehead atoms. The van der Waals surface area contributed by atoms with E-state index in [9.17, 15) is 9.59 Å². The van der Waals surface area contributed by atoms with Crippen LogP contribution >= 0.6 is 0 Å². The molecule has 3 heteroatoms. The van der Waals surface area contributed by atoms with Gasteiger partial charge >= 0.3 is 0 Å². The smallest absolute Gasteiger partial charge is 0.196 e. The minimum atomic E-state index is -0.0492. The van der Waals surface area contributed by atoms with Gasteiger partial charge in [0.25, 0.3) is 0 Å². The number of ketones is 2. The van der Waals surface area contributed by atoms with Crippen LogP contribution in [0.15, 0.2) is 36.4 Å². The molecule has 2 aliphatic carbocycles. The Bertz CT molecular complexity index is 832. The van der Waals surface area contributed by atoms with Gasteiger partial charge in [0.1, 0.15) is 0 Å². The van der Waals surface area contributed by atoms with Crippen molar-refractivity contribution < 1.29 is 9.59 Å². The second kappa shape index (κ2) is 5.90. The van der Waals surface area contributed by atoms with E-state index in [2.05, 4.69) is 5.32 Å². The van der Waals surface area contributed by atoms with Gasteiger partial charge in [0, 0.05) is 28.4 Å². The van der Waals surface area contributed by atoms with Crippen LogP contribution in [0, 0.1) is 6.92 Å². The van der Waals surface area contributed by atoms with Crippen LogP contribution in [0.25, 0.3) is 0 Å². The van der Waals surface area contributed by atoms with E-state index in [1.54, 1.807) is 18.2 Å². The van der Waals surface area contributed by atoms with Crippen molar-refractivity contribution in [1.29, 1.82) is 0 Å². The van der Waals surface area contributed by atoms with Gasteiger partial charge in [-0.05, 0) is 31.4 Å². The summed E-state index contributed by atoms with van der Waals surface area (Å²) in [4.78, 5) is 25.9. The quantitative estimate of drug-likeness (QED) is 0.755. The fraction of sp³-hybridized carbons (Fsp3) is 0.333. The van der Waals surface area contributed by atoms with E-state index in [-0.39, 0.29) is 11.6 Å². The summed E-state index contributed by atoms with van der Waals surface area (Å²) < 4.78 is 0. The zero-order chi connectivity index (χ0) is 16.7. The lowest BCUT2D eigenvalue weighted by Crippen LogP contribution is -2.27. The summed E-state index contributed by atoms with van der Waals surface area (Å²) in [6.45, 7) is 2.00. The first kappa shape index (κ1) is 15.1. The molecule has 0 aromatic heterocycles. The number of anilines is 1. The molecule has 0 saturated heterocycles. The molecule has 3 nitrogen and oxygen atoms in total. The van der Waals surface area contributed by atoms with Crippen molar-refractivity contribution in [3.8, 4) is 0 Å². The van der Waals surface area contributed by atoms with Gasteiger partial charge in [0.15, 0.2) is 11.6 Å². The van der Waals surface area contributed by atoms with Gasteiger partial charge in [-0.15, -0.1) is 0 Å². The SMILES string of the molecule is Cc1ccc2c(c1NC1CCCCC1)C(=O)c1ccccc1C2=O. The molecule has 0 aliphatic heterocycles. The van der Waals surface area contributed by atoms with E-state index in [0.29, 0.717) is 28.3 Å². The molecule has 122 valence electrons. The van der Waals surface area contributed by atoms with Crippen LogP contribution in [0.3, 0.4) is 0 Å². The highest BCUT2D eigenvalue weighted by Crippen LogP contribution is 2.35. The average molecular weight is 319 g/mol. The largest absolute Gasteiger partial charge is 0.381 e. The summed E-state index contributed by atoms with van der Waals surface area (Å²) in [7, 11) is 0. The molecule has 0 radical (unpaired) electrons. The second-order valence-electron chi connectivity index (χ2n) is 6.86. The Hall–Kier alpha value is -2.42. The molecule has 0 amide bonds. The number of hydrogen-bond acceptors (Lipinski definition) is 3. The minimum Gasteiger partial charge on any atom is -0.381 e. The Labute approximate surface area is 142 Å². The molecular formula is C21H21NO2. The van der Waals surface area contributed by atoms with Crippen molar-refractivity contribution in [2.75, 3.05) is 5.32 Å². The van der Waals surface area contributed by atoms with Gasteiger partial charge in [-0.1, -0.05) is 49.6 Å². The predicted octanol–water partition coefficient (Wildman–Crippen LogP) is 4.52. The summed E-state index contributed by atoms with van der Waals surface area (Å²) in [6.07, 6.45) is 5.99. The van der Waals surface area contributed by atoms with Crippen LogP contribution in [0.4, 0.5) is 5.69 Å². The third-order valence-electron chi connectivity index (χ3n) is 5.26. The summed E-state index contributed by atoms with van der Waals surface area (Å²) in [5, 5.41) is 3.59. The number of hydrogen-bond donors (Lipinski definition) is 1. The Kier molecular flexibility index (Phi) is 3.72. The highest BCUT2D eigenvalue weighted by atomic mass is 16.1. The Morgan fingerprint density at radius 2 is 1.50 bits per heavy atom. The van der Waals surface area contributed by atoms with Crippen molar-refractivity contribution in [3.05, 3.63) is 64.2 Å². The lowest BCUT2D eigenvalue weighted by molar-refractivity contribution is 0.0979. The van der Waals surface area contributed by atoms with Gasteiger partial charge in [0.2, 0.25) is 0 Å². The maximum atomic E-state index is 13.1. The predicted molar refractivity (Wildman–Crippen MR) is 95.0 cm³/mol. The Morgan fingerprint density at radius 3 is 2.21 bits per heavy atom. The lowest BCUT2D eigenvalue weighted by Gasteiger charge is -2.28. The molecule has 0 heterocycles. The monoisotopic (exact) mass is 319 g/mol. The van der Waals surface area contributed by atoms with Gasteiger partial charge in [-0.25, -0.2) is 0 Å². The Balaban J connectivity index is 1.82. The summed E-state index contributed by atoms with van der Waals surface area (Å²) in [5.41, 5.74) is 4.01. The first-order chi connectivity index (χ1) is 11.7. The van der Waals surface area contributed by atoms with Crippen LogP contribution in [0.1, 0.15) is 69.5 Å². The Morgan fingerprint density at radius 1 is 0.833 bits per heavy atom. The first-order valence-corrected chi connectivity index (χ1v) is 8.75. The van der Waals surface area contributed by atoms with Crippen molar-refractivity contribution in [2.24, 2.45) is 0 Å². The van der Waals surface area contributed by atoms with E-state index in [1.807, 2.05) is 25.1 Å². The summed E-state index contributed by atoms with van der Waals surface area (Å²) >= 11 is 0. The third-order valence-corrected chi connectivity index (χ3v) is 5.26. The van der Waals surface area contributed by atoms with Crippen molar-refractivity contribution in [2.45, 2.75) is 45.1 Å². The average Bonchev–Trinajstić information content (AvgIpc) is 2.62. The fourth-order valence-electron chi connectivity index (χ4n) is 3.93. The molecule has 24 heavy (non-hydrogen) atoms. The summed E-state index contributed by atoms with van der Waals surface area (Å²) in [5.74, 6) is -0.0888. The maximum Gasteiger partial charge on any atom is 0.196 e. The zero-order valence-corrected chi connectivity index (χ0v) is 13.9. The molecule has 0 spiro atoms. The maximum absolute atomic E-state index is 13.1. The molecule has 1 fully saturated rings. The molecule has 1 N–H and O–H groups in total. The molecule has 2 aliphatic rings. The minimum absolute atomic E-state index is 0.0396. The highest BCUT2D eigenvalue weighted by molar-refractivity contribution is 6.30. The number of carbonyl (C=O) groups is 2. The highest BCUT2D eigenvalue weighted by Gasteiger charge is 2.32. The van der Waals surface area contributed by atoms with Crippen LogP contribution < -0.4 is 5.32 Å². The van der Waals surface area contributed by atoms with E-state index in [0.717, 1.165) is 24.1 Å². The van der Waals surface area contributed by atoms with Crippen molar-refractivity contribution in [3.63, 3.8) is 0 Å². The van der Waals surface area contributed by atoms with Crippen LogP contribution in [-0.2, 0) is 0 Å².